The maximum atomic E-state index is 15.1. The molecule has 1 heterocycles. The van der Waals surface area contributed by atoms with E-state index in [4.69, 9.17) is 9.47 Å². The molecule has 0 aliphatic carbocycles. The van der Waals surface area contributed by atoms with Gasteiger partial charge in [-0.3, -0.25) is 24.5 Å². The molecule has 0 aliphatic heterocycles. The van der Waals surface area contributed by atoms with Gasteiger partial charge in [-0.15, -0.1) is 0 Å². The predicted octanol–water partition coefficient (Wildman–Crippen LogP) is 1.05. The first-order valence-electron chi connectivity index (χ1n) is 11.3. The normalized spacial score (nSPS) is 15.9. The van der Waals surface area contributed by atoms with E-state index in [0.717, 1.165) is 26.3 Å². The number of aliphatic hydroxyl groups is 2. The Labute approximate surface area is 219 Å². The van der Waals surface area contributed by atoms with E-state index in [2.05, 4.69) is 14.6 Å². The van der Waals surface area contributed by atoms with Crippen molar-refractivity contribution < 1.29 is 42.7 Å². The van der Waals surface area contributed by atoms with Gasteiger partial charge in [0.2, 0.25) is 0 Å². The number of halogens is 1. The van der Waals surface area contributed by atoms with Crippen molar-refractivity contribution in [2.24, 2.45) is 0 Å². The fourth-order valence-corrected chi connectivity index (χ4v) is 3.09. The summed E-state index contributed by atoms with van der Waals surface area (Å²) in [5.41, 5.74) is -4.27. The van der Waals surface area contributed by atoms with E-state index in [1.165, 1.54) is 6.92 Å². The van der Waals surface area contributed by atoms with Crippen LogP contribution in [0.3, 0.4) is 0 Å². The van der Waals surface area contributed by atoms with Gasteiger partial charge in [0.25, 0.3) is 11.4 Å². The molecule has 0 amide bonds. The third-order valence-electron chi connectivity index (χ3n) is 4.96. The highest BCUT2D eigenvalue weighted by atomic mass is 31.1. The minimum atomic E-state index is -2.93. The minimum absolute atomic E-state index is 0.295. The highest BCUT2D eigenvalue weighted by Gasteiger charge is 2.50. The maximum absolute atomic E-state index is 15.1. The quantitative estimate of drug-likeness (QED) is 0.119. The lowest BCUT2D eigenvalue weighted by atomic mass is 10.0. The van der Waals surface area contributed by atoms with E-state index in [-0.39, 0.29) is 21.5 Å². The Kier molecular flexibility index (Phi) is 13.4. The van der Waals surface area contributed by atoms with Crippen LogP contribution in [0.2, 0.25) is 0 Å². The predicted molar refractivity (Wildman–Crippen MR) is 133 cm³/mol. The van der Waals surface area contributed by atoms with Crippen LogP contribution in [-0.2, 0) is 29.3 Å². The molecule has 0 aliphatic rings. The third kappa shape index (κ3) is 10.0. The lowest BCUT2D eigenvalue weighted by Gasteiger charge is -2.38. The van der Waals surface area contributed by atoms with E-state index in [9.17, 15) is 29.2 Å². The summed E-state index contributed by atoms with van der Waals surface area (Å²) < 4.78 is 44.9. The Bertz CT molecular complexity index is 1130. The molecular weight excluding hydrogens is 528 g/mol. The molecule has 0 saturated carbocycles. The summed E-state index contributed by atoms with van der Waals surface area (Å²) >= 11 is 0. The first kappa shape index (κ1) is 33.0. The molecule has 38 heavy (non-hydrogen) atoms. The summed E-state index contributed by atoms with van der Waals surface area (Å²) in [6.07, 6.45) is -1.68. The zero-order valence-electron chi connectivity index (χ0n) is 21.6. The molecule has 0 spiro atoms. The molecule has 4 atom stereocenters. The number of aromatic nitrogens is 2. The molecule has 2 rings (SSSR count). The summed E-state index contributed by atoms with van der Waals surface area (Å²) in [5.74, 6) is -2.83. The number of aromatic amines is 1. The number of alkyl halides is 1. The van der Waals surface area contributed by atoms with Crippen molar-refractivity contribution in [1.82, 2.24) is 14.9 Å². The molecule has 0 radical (unpaired) electrons. The number of carbonyl (C=O) groups is 1. The average molecular weight is 562 g/mol. The number of carbonyl (C=O) groups excluding carboxylic acids is 1. The van der Waals surface area contributed by atoms with E-state index in [1.54, 1.807) is 26.0 Å². The molecule has 13 nitrogen and oxygen atoms in total. The van der Waals surface area contributed by atoms with E-state index in [0.29, 0.717) is 10.3 Å². The van der Waals surface area contributed by atoms with Gasteiger partial charge in [0.05, 0.1) is 12.8 Å². The van der Waals surface area contributed by atoms with Crippen molar-refractivity contribution in [3.05, 3.63) is 63.4 Å². The molecular formula is C23H33FN3O10P. The Morgan fingerprint density at radius 1 is 1.21 bits per heavy atom. The van der Waals surface area contributed by atoms with Crippen molar-refractivity contribution in [3.8, 4) is 5.75 Å². The van der Waals surface area contributed by atoms with Gasteiger partial charge in [-0.25, -0.2) is 13.8 Å². The van der Waals surface area contributed by atoms with Gasteiger partial charge in [-0.1, -0.05) is 18.2 Å². The molecule has 1 aromatic carbocycles. The zero-order valence-corrected chi connectivity index (χ0v) is 22.5. The molecule has 1 unspecified atom stereocenters. The Balaban J connectivity index is 0.000000671. The number of H-pyrrole nitrogens is 1. The number of methoxy groups -OCH3 is 1. The number of hydrogen-bond acceptors (Lipinski definition) is 11. The van der Waals surface area contributed by atoms with Crippen molar-refractivity contribution in [1.29, 1.82) is 0 Å². The Morgan fingerprint density at radius 2 is 1.84 bits per heavy atom. The smallest absolute Gasteiger partial charge is 0.395 e. The summed E-state index contributed by atoms with van der Waals surface area (Å²) in [5, 5.41) is 23.5. The number of nitrogens with one attached hydrogen (secondary N) is 2. The van der Waals surface area contributed by atoms with Crippen molar-refractivity contribution >= 4 is 14.7 Å². The lowest BCUT2D eigenvalue weighted by Crippen LogP contribution is -2.59. The average Bonchev–Trinajstić information content (AvgIpc) is 2.86. The first-order valence-corrected chi connectivity index (χ1v) is 12.0. The zero-order chi connectivity index (χ0) is 28.9. The minimum Gasteiger partial charge on any atom is -0.462 e. The van der Waals surface area contributed by atoms with Crippen molar-refractivity contribution in [3.63, 3.8) is 0 Å². The monoisotopic (exact) mass is 561 g/mol. The number of rotatable bonds is 13. The van der Waals surface area contributed by atoms with Gasteiger partial charge in [0, 0.05) is 19.4 Å². The van der Waals surface area contributed by atoms with E-state index in [1.807, 2.05) is 23.2 Å². The summed E-state index contributed by atoms with van der Waals surface area (Å²) in [6, 6.07) is 9.18. The number of esters is 1. The van der Waals surface area contributed by atoms with E-state index < -0.39 is 47.6 Å². The molecule has 15 heteroatoms. The second-order valence-electron chi connectivity index (χ2n) is 8.35. The number of nitrogens with zero attached hydrogens (tertiary/aromatic N) is 1. The van der Waals surface area contributed by atoms with Crippen LogP contribution in [0.5, 0.6) is 5.75 Å². The third-order valence-corrected chi connectivity index (χ3v) is 5.24. The fourth-order valence-electron chi connectivity index (χ4n) is 2.88. The highest BCUT2D eigenvalue weighted by Crippen LogP contribution is 2.29. The van der Waals surface area contributed by atoms with Crippen LogP contribution < -0.4 is 21.1 Å². The van der Waals surface area contributed by atoms with Crippen LogP contribution in [0.4, 0.5) is 4.39 Å². The van der Waals surface area contributed by atoms with Gasteiger partial charge in [0.1, 0.15) is 18.4 Å². The van der Waals surface area contributed by atoms with Crippen LogP contribution in [-0.4, -0.2) is 70.3 Å². The molecule has 212 valence electrons. The number of para-hydroxylation sites is 1. The first-order chi connectivity index (χ1) is 17.8. The largest absolute Gasteiger partial charge is 0.462 e. The van der Waals surface area contributed by atoms with Crippen LogP contribution in [0.15, 0.2) is 52.2 Å². The molecule has 1 aromatic heterocycles. The number of ether oxygens (including phenoxy) is 3. The lowest BCUT2D eigenvalue weighted by molar-refractivity contribution is -0.280. The van der Waals surface area contributed by atoms with Gasteiger partial charge in [-0.05, 0) is 39.8 Å². The summed E-state index contributed by atoms with van der Waals surface area (Å²) in [4.78, 5) is 36.6. The van der Waals surface area contributed by atoms with Gasteiger partial charge in [0.15, 0.2) is 11.8 Å². The van der Waals surface area contributed by atoms with Crippen molar-refractivity contribution in [2.75, 3.05) is 20.4 Å². The van der Waals surface area contributed by atoms with Crippen molar-refractivity contribution in [2.45, 2.75) is 57.5 Å². The molecule has 0 saturated heterocycles. The van der Waals surface area contributed by atoms with Gasteiger partial charge < -0.3 is 28.9 Å². The standard InChI is InChI=1S/C17H28FN3O8.C6H5O2P/c1-10(2)29-13(23)11(3)19-9-28-8-17(18,27-5)14(24)16(4,26)21-7-6-12(22)20-15(21)25;7-9-8-6-4-2-1-3-5-6/h6-7,10-11,14,19,24,26H,8-9H2,1-5H3,(H,20,22,25);1-5H/t11?,14-,16+,17+;/m0./s1. The van der Waals surface area contributed by atoms with Crippen LogP contribution in [0, 0.1) is 0 Å². The van der Waals surface area contributed by atoms with E-state index >= 15 is 4.39 Å². The summed E-state index contributed by atoms with van der Waals surface area (Å²) in [7, 11) is 0.634. The topological polar surface area (TPSA) is 178 Å². The molecule has 0 fully saturated rings. The van der Waals surface area contributed by atoms with Gasteiger partial charge in [-0.2, -0.15) is 0 Å². The molecule has 2 aromatic rings. The second kappa shape index (κ2) is 15.4. The van der Waals surface area contributed by atoms with Crippen LogP contribution in [0.25, 0.3) is 0 Å². The summed E-state index contributed by atoms with van der Waals surface area (Å²) in [6.45, 7) is 4.73. The second-order valence-corrected chi connectivity index (χ2v) is 8.68. The maximum Gasteiger partial charge on any atom is 0.395 e. The Hall–Kier alpha value is -3.00. The SMILES string of the molecule is CO[C@](F)(COCNC(C)C(=O)OC(C)C)[C@@H](O)[C@@](C)(O)n1ccc(=O)[nH]c1=O.O=POc1ccccc1. The molecule has 4 N–H and O–H groups in total. The Morgan fingerprint density at radius 3 is 2.37 bits per heavy atom. The fraction of sp³-hybridized carbons (Fsp3) is 0.522. The number of aliphatic hydroxyl groups excluding tert-OH is 1. The van der Waals surface area contributed by atoms with Gasteiger partial charge >= 0.3 is 20.3 Å². The van der Waals surface area contributed by atoms with Crippen LogP contribution >= 0.6 is 8.69 Å². The number of hydrogen-bond donors (Lipinski definition) is 4. The molecule has 0 bridgehead atoms. The highest BCUT2D eigenvalue weighted by molar-refractivity contribution is 7.17. The van der Waals surface area contributed by atoms with Crippen LogP contribution in [0.1, 0.15) is 27.7 Å². The number of benzene rings is 1.